The van der Waals surface area contributed by atoms with Gasteiger partial charge in [-0.05, 0) is 55.3 Å². The van der Waals surface area contributed by atoms with Crippen molar-refractivity contribution in [3.05, 3.63) is 54.1 Å². The number of hydrogen-bond donors (Lipinski definition) is 3. The molecular weight excluding hydrogens is 344 g/mol. The maximum Gasteiger partial charge on any atom is 0.321 e. The van der Waals surface area contributed by atoms with E-state index in [9.17, 15) is 14.4 Å². The van der Waals surface area contributed by atoms with E-state index in [0.29, 0.717) is 30.0 Å². The van der Waals surface area contributed by atoms with Crippen LogP contribution in [0.1, 0.15) is 23.2 Å². The maximum atomic E-state index is 12.5. The van der Waals surface area contributed by atoms with Gasteiger partial charge in [0, 0.05) is 41.6 Å². The summed E-state index contributed by atoms with van der Waals surface area (Å²) in [7, 11) is 0. The minimum absolute atomic E-state index is 0.0278. The Morgan fingerprint density at radius 1 is 1.00 bits per heavy atom. The Morgan fingerprint density at radius 2 is 1.70 bits per heavy atom. The zero-order chi connectivity index (χ0) is 18.8. The van der Waals surface area contributed by atoms with Crippen molar-refractivity contribution in [1.82, 2.24) is 5.32 Å². The van der Waals surface area contributed by atoms with Crippen LogP contribution >= 0.6 is 0 Å². The van der Waals surface area contributed by atoms with Crippen molar-refractivity contribution in [2.24, 2.45) is 5.92 Å². The molecule has 0 aromatic heterocycles. The summed E-state index contributed by atoms with van der Waals surface area (Å²) in [5, 5.41) is 8.44. The van der Waals surface area contributed by atoms with Crippen LogP contribution in [0.25, 0.3) is 0 Å². The first-order valence-corrected chi connectivity index (χ1v) is 8.98. The van der Waals surface area contributed by atoms with Crippen LogP contribution in [0.5, 0.6) is 0 Å². The lowest BCUT2D eigenvalue weighted by Crippen LogP contribution is -2.27. The predicted molar refractivity (Wildman–Crippen MR) is 103 cm³/mol. The van der Waals surface area contributed by atoms with E-state index in [2.05, 4.69) is 16.0 Å². The number of hydrogen-bond acceptors (Lipinski definition) is 3. The Labute approximate surface area is 156 Å². The molecule has 2 fully saturated rings. The molecule has 0 unspecified atom stereocenters. The molecule has 3 N–H and O–H groups in total. The van der Waals surface area contributed by atoms with Crippen molar-refractivity contribution >= 4 is 34.9 Å². The van der Waals surface area contributed by atoms with Crippen LogP contribution < -0.4 is 20.9 Å². The van der Waals surface area contributed by atoms with Crippen molar-refractivity contribution < 1.29 is 14.4 Å². The molecule has 138 valence electrons. The largest absolute Gasteiger partial charge is 0.336 e. The molecule has 4 amide bonds. The van der Waals surface area contributed by atoms with Crippen molar-refractivity contribution in [3.63, 3.8) is 0 Å². The number of rotatable bonds is 5. The summed E-state index contributed by atoms with van der Waals surface area (Å²) >= 11 is 0. The number of nitrogens with zero attached hydrogens (tertiary/aromatic N) is 1. The lowest BCUT2D eigenvalue weighted by molar-refractivity contribution is -0.117. The van der Waals surface area contributed by atoms with Crippen LogP contribution in [-0.2, 0) is 4.79 Å². The minimum Gasteiger partial charge on any atom is -0.336 e. The molecule has 2 aromatic carbocycles. The van der Waals surface area contributed by atoms with Crippen LogP contribution in [0.4, 0.5) is 21.9 Å². The summed E-state index contributed by atoms with van der Waals surface area (Å²) in [6, 6.07) is 13.9. The van der Waals surface area contributed by atoms with Gasteiger partial charge in [0.1, 0.15) is 0 Å². The second kappa shape index (κ2) is 7.11. The Hall–Kier alpha value is -3.35. The standard InChI is InChI=1S/C20H20N4O3/c25-18(13-4-5-13)22-15-2-1-3-16(12-15)23-19(26)14-6-8-17(9-7-14)24-11-10-21-20(24)27/h1-3,6-9,12-13H,4-5,10-11H2,(H,21,27)(H,22,25)(H,23,26). The van der Waals surface area contributed by atoms with Crippen molar-refractivity contribution in [1.29, 1.82) is 0 Å². The van der Waals surface area contributed by atoms with Gasteiger partial charge in [0.15, 0.2) is 0 Å². The molecule has 2 aliphatic rings. The first-order chi connectivity index (χ1) is 13.1. The van der Waals surface area contributed by atoms with Gasteiger partial charge in [-0.3, -0.25) is 14.5 Å². The lowest BCUT2D eigenvalue weighted by Gasteiger charge is -2.14. The van der Waals surface area contributed by atoms with E-state index >= 15 is 0 Å². The summed E-state index contributed by atoms with van der Waals surface area (Å²) in [6.45, 7) is 1.23. The predicted octanol–water partition coefficient (Wildman–Crippen LogP) is 2.82. The smallest absolute Gasteiger partial charge is 0.321 e. The summed E-state index contributed by atoms with van der Waals surface area (Å²) < 4.78 is 0. The second-order valence-electron chi connectivity index (χ2n) is 6.73. The van der Waals surface area contributed by atoms with Crippen molar-refractivity contribution in [2.45, 2.75) is 12.8 Å². The molecular formula is C20H20N4O3. The number of urea groups is 1. The third-order valence-electron chi connectivity index (χ3n) is 4.63. The van der Waals surface area contributed by atoms with E-state index in [1.807, 2.05) is 0 Å². The maximum absolute atomic E-state index is 12.5. The lowest BCUT2D eigenvalue weighted by atomic mass is 10.1. The second-order valence-corrected chi connectivity index (χ2v) is 6.73. The number of anilines is 3. The Morgan fingerprint density at radius 3 is 2.33 bits per heavy atom. The van der Waals surface area contributed by atoms with E-state index in [1.54, 1.807) is 53.4 Å². The number of carbonyl (C=O) groups excluding carboxylic acids is 3. The fourth-order valence-electron chi connectivity index (χ4n) is 2.98. The third-order valence-corrected chi connectivity index (χ3v) is 4.63. The summed E-state index contributed by atoms with van der Waals surface area (Å²) in [5.74, 6) is -0.0995. The first-order valence-electron chi connectivity index (χ1n) is 8.98. The van der Waals surface area contributed by atoms with Gasteiger partial charge in [-0.15, -0.1) is 0 Å². The van der Waals surface area contributed by atoms with Crippen LogP contribution in [0.2, 0.25) is 0 Å². The van der Waals surface area contributed by atoms with Gasteiger partial charge in [0.05, 0.1) is 0 Å². The molecule has 1 aliphatic heterocycles. The fourth-order valence-corrected chi connectivity index (χ4v) is 2.98. The molecule has 1 heterocycles. The molecule has 0 bridgehead atoms. The Kier molecular flexibility index (Phi) is 4.50. The van der Waals surface area contributed by atoms with Crippen LogP contribution in [0, 0.1) is 5.92 Å². The average Bonchev–Trinajstić information content (AvgIpc) is 3.44. The van der Waals surface area contributed by atoms with E-state index < -0.39 is 0 Å². The quantitative estimate of drug-likeness (QED) is 0.762. The van der Waals surface area contributed by atoms with E-state index in [1.165, 1.54) is 0 Å². The fraction of sp³-hybridized carbons (Fsp3) is 0.250. The molecule has 0 atom stereocenters. The average molecular weight is 364 g/mol. The molecule has 2 aromatic rings. The van der Waals surface area contributed by atoms with Gasteiger partial charge in [-0.2, -0.15) is 0 Å². The molecule has 27 heavy (non-hydrogen) atoms. The monoisotopic (exact) mass is 364 g/mol. The van der Waals surface area contributed by atoms with E-state index in [0.717, 1.165) is 18.5 Å². The molecule has 0 spiro atoms. The van der Waals surface area contributed by atoms with Crippen molar-refractivity contribution in [3.8, 4) is 0 Å². The topological polar surface area (TPSA) is 90.5 Å². The molecule has 0 radical (unpaired) electrons. The van der Waals surface area contributed by atoms with Gasteiger partial charge in [-0.25, -0.2) is 4.79 Å². The number of benzene rings is 2. The summed E-state index contributed by atoms with van der Waals surface area (Å²) in [4.78, 5) is 37.7. The Bertz CT molecular complexity index is 890. The molecule has 4 rings (SSSR count). The van der Waals surface area contributed by atoms with Gasteiger partial charge in [0.25, 0.3) is 5.91 Å². The van der Waals surface area contributed by atoms with Gasteiger partial charge in [-0.1, -0.05) is 6.07 Å². The molecule has 1 aliphatic carbocycles. The highest BCUT2D eigenvalue weighted by Crippen LogP contribution is 2.30. The summed E-state index contributed by atoms with van der Waals surface area (Å²) in [6.07, 6.45) is 1.88. The number of carbonyl (C=O) groups is 3. The van der Waals surface area contributed by atoms with Crippen LogP contribution in [0.3, 0.4) is 0 Å². The van der Waals surface area contributed by atoms with Gasteiger partial charge >= 0.3 is 6.03 Å². The molecule has 7 heteroatoms. The van der Waals surface area contributed by atoms with Crippen molar-refractivity contribution in [2.75, 3.05) is 28.6 Å². The highest BCUT2D eigenvalue weighted by atomic mass is 16.2. The molecule has 1 saturated carbocycles. The zero-order valence-corrected chi connectivity index (χ0v) is 14.7. The van der Waals surface area contributed by atoms with Crippen LogP contribution in [-0.4, -0.2) is 30.9 Å². The zero-order valence-electron chi connectivity index (χ0n) is 14.7. The number of nitrogens with one attached hydrogen (secondary N) is 3. The van der Waals surface area contributed by atoms with Gasteiger partial charge < -0.3 is 16.0 Å². The SMILES string of the molecule is O=C(Nc1cccc(NC(=O)C2CC2)c1)c1ccc(N2CCNC2=O)cc1. The van der Waals surface area contributed by atoms with Gasteiger partial charge in [0.2, 0.25) is 5.91 Å². The normalized spacial score (nSPS) is 16.0. The summed E-state index contributed by atoms with van der Waals surface area (Å²) in [5.41, 5.74) is 2.52. The third kappa shape index (κ3) is 3.92. The van der Waals surface area contributed by atoms with E-state index in [-0.39, 0.29) is 23.8 Å². The Balaban J connectivity index is 1.41. The molecule has 1 saturated heterocycles. The number of amides is 4. The first kappa shape index (κ1) is 17.1. The highest BCUT2D eigenvalue weighted by Gasteiger charge is 2.29. The van der Waals surface area contributed by atoms with E-state index in [4.69, 9.17) is 0 Å². The minimum atomic E-state index is -0.252. The molecule has 7 nitrogen and oxygen atoms in total. The van der Waals surface area contributed by atoms with Crippen LogP contribution in [0.15, 0.2) is 48.5 Å². The highest BCUT2D eigenvalue weighted by molar-refractivity contribution is 6.05.